The first-order valence-electron chi connectivity index (χ1n) is 2.52. The van der Waals surface area contributed by atoms with Gasteiger partial charge in [0.05, 0.1) is 6.04 Å². The fourth-order valence-electron chi connectivity index (χ4n) is 0.338. The number of carboxylic acids is 1. The van der Waals surface area contributed by atoms with Crippen LogP contribution in [0.1, 0.15) is 12.8 Å². The Morgan fingerprint density at radius 1 is 1.55 bits per heavy atom. The van der Waals surface area contributed by atoms with E-state index in [1.54, 1.807) is 0 Å². The maximum absolute atomic E-state index is 9.83. The van der Waals surface area contributed by atoms with E-state index in [0.717, 1.165) is 0 Å². The highest BCUT2D eigenvalue weighted by atomic mass is 35.5. The van der Waals surface area contributed by atoms with Crippen molar-refractivity contribution in [2.45, 2.75) is 18.9 Å². The summed E-state index contributed by atoms with van der Waals surface area (Å²) in [6.07, 6.45) is 1.58. The molecular weight excluding hydrogens is 193 g/mol. The Hall–Kier alpha value is -0.320. The van der Waals surface area contributed by atoms with E-state index in [1.807, 2.05) is 0 Å². The number of hydrogen-bond donors (Lipinski definition) is 2. The molecule has 0 aliphatic carbocycles. The summed E-state index contributed by atoms with van der Waals surface area (Å²) in [5, 5.41) is 8.07. The molecule has 0 aromatic carbocycles. The van der Waals surface area contributed by atoms with Crippen LogP contribution in [0.3, 0.4) is 0 Å². The van der Waals surface area contributed by atoms with Gasteiger partial charge in [-0.2, -0.15) is 0 Å². The van der Waals surface area contributed by atoms with Crippen molar-refractivity contribution >= 4 is 37.1 Å². The molecule has 1 atom stereocenters. The molecule has 0 amide bonds. The number of halogens is 2. The highest BCUT2D eigenvalue weighted by Gasteiger charge is 2.03. The second-order valence-corrected chi connectivity index (χ2v) is 1.66. The number of nitrogens with two attached hydrogens (primary N) is 1. The fraction of sp³-hybridized carbons (Fsp3) is 0.600. The molecule has 11 heavy (non-hydrogen) atoms. The smallest absolute Gasteiger partial charge is 0.303 e. The van der Waals surface area contributed by atoms with E-state index in [0.29, 0.717) is 0 Å². The number of hydrogen-bond acceptors (Lipinski definition) is 3. The van der Waals surface area contributed by atoms with E-state index >= 15 is 0 Å². The van der Waals surface area contributed by atoms with Gasteiger partial charge in [0.25, 0.3) is 0 Å². The van der Waals surface area contributed by atoms with E-state index in [-0.39, 0.29) is 37.7 Å². The Labute approximate surface area is 77.0 Å². The minimum Gasteiger partial charge on any atom is -0.481 e. The number of carbonyl (C=O) groups is 1. The molecule has 3 N–H and O–H groups in total. The molecule has 0 aliphatic rings. The van der Waals surface area contributed by atoms with E-state index in [2.05, 4.69) is 0 Å². The molecule has 1 unspecified atom stereocenters. The van der Waals surface area contributed by atoms with Crippen molar-refractivity contribution < 1.29 is 14.7 Å². The standard InChI is InChI=1S/C5H8NO3.2ClH/c6-4(3-7)1-2-5(8)9;;/h4H,1-2,6H2,(H,8,9);2*1H. The van der Waals surface area contributed by atoms with Crippen LogP contribution in [0.5, 0.6) is 0 Å². The van der Waals surface area contributed by atoms with Crippen LogP contribution in [0, 0.1) is 0 Å². The van der Waals surface area contributed by atoms with E-state index in [4.69, 9.17) is 10.8 Å². The van der Waals surface area contributed by atoms with Crippen LogP contribution < -0.4 is 5.73 Å². The summed E-state index contributed by atoms with van der Waals surface area (Å²) < 4.78 is 0. The molecule has 1 radical (unpaired) electrons. The lowest BCUT2D eigenvalue weighted by Gasteiger charge is -1.96. The van der Waals surface area contributed by atoms with Crippen molar-refractivity contribution in [1.29, 1.82) is 0 Å². The molecule has 0 aliphatic heterocycles. The summed E-state index contributed by atoms with van der Waals surface area (Å²) in [6.45, 7) is 0. The lowest BCUT2D eigenvalue weighted by atomic mass is 10.2. The average molecular weight is 203 g/mol. The van der Waals surface area contributed by atoms with Gasteiger partial charge in [0.1, 0.15) is 0 Å². The Morgan fingerprint density at radius 2 is 2.00 bits per heavy atom. The third kappa shape index (κ3) is 12.8. The minimum atomic E-state index is -0.944. The number of aliphatic carboxylic acids is 1. The highest BCUT2D eigenvalue weighted by molar-refractivity contribution is 5.85. The second-order valence-electron chi connectivity index (χ2n) is 1.66. The zero-order chi connectivity index (χ0) is 7.28. The van der Waals surface area contributed by atoms with E-state index < -0.39 is 12.0 Å². The van der Waals surface area contributed by atoms with Gasteiger partial charge in [0, 0.05) is 6.42 Å². The first-order valence-corrected chi connectivity index (χ1v) is 2.52. The van der Waals surface area contributed by atoms with Gasteiger partial charge in [-0.25, -0.2) is 0 Å². The van der Waals surface area contributed by atoms with Crippen molar-refractivity contribution in [3.05, 3.63) is 0 Å². The lowest BCUT2D eigenvalue weighted by Crippen LogP contribution is -2.22. The van der Waals surface area contributed by atoms with Crippen molar-refractivity contribution in [2.24, 2.45) is 5.73 Å². The van der Waals surface area contributed by atoms with Gasteiger partial charge in [-0.1, -0.05) is 0 Å². The van der Waals surface area contributed by atoms with Crippen LogP contribution in [0.4, 0.5) is 0 Å². The number of carboxylic acid groups (broad SMARTS) is 1. The van der Waals surface area contributed by atoms with Crippen molar-refractivity contribution in [1.82, 2.24) is 0 Å². The Morgan fingerprint density at radius 3 is 2.27 bits per heavy atom. The Balaban J connectivity index is -0.000000320. The van der Waals surface area contributed by atoms with Gasteiger partial charge < -0.3 is 10.8 Å². The summed E-state index contributed by atoms with van der Waals surface area (Å²) >= 11 is 0. The van der Waals surface area contributed by atoms with Crippen LogP contribution in [0.15, 0.2) is 0 Å². The summed E-state index contributed by atoms with van der Waals surface area (Å²) in [4.78, 5) is 19.5. The normalized spacial score (nSPS) is 10.3. The van der Waals surface area contributed by atoms with Crippen LogP contribution in [0.2, 0.25) is 0 Å². The SMILES string of the molecule is Cl.Cl.NC([C]=O)CCC(=O)O. The first kappa shape index (κ1) is 17.0. The maximum Gasteiger partial charge on any atom is 0.303 e. The molecule has 0 heterocycles. The molecule has 0 saturated carbocycles. The zero-order valence-corrected chi connectivity index (χ0v) is 7.28. The second kappa shape index (κ2) is 9.68. The predicted molar refractivity (Wildman–Crippen MR) is 45.0 cm³/mol. The number of carbonyl (C=O) groups excluding carboxylic acids is 1. The third-order valence-electron chi connectivity index (χ3n) is 0.821. The molecule has 0 bridgehead atoms. The van der Waals surface area contributed by atoms with Crippen molar-refractivity contribution in [3.8, 4) is 0 Å². The Kier molecular flexibility index (Phi) is 14.9. The van der Waals surface area contributed by atoms with Gasteiger partial charge in [-0.15, -0.1) is 24.8 Å². The van der Waals surface area contributed by atoms with Crippen LogP contribution >= 0.6 is 24.8 Å². The summed E-state index contributed by atoms with van der Waals surface area (Å²) in [5.74, 6) is -0.944. The summed E-state index contributed by atoms with van der Waals surface area (Å²) in [6, 6.07) is -0.749. The molecule has 6 heteroatoms. The molecule has 0 spiro atoms. The molecule has 0 aromatic heterocycles. The molecular formula is C5H10Cl2NO3. The monoisotopic (exact) mass is 202 g/mol. The third-order valence-corrected chi connectivity index (χ3v) is 0.821. The lowest BCUT2D eigenvalue weighted by molar-refractivity contribution is -0.137. The van der Waals surface area contributed by atoms with Gasteiger partial charge in [0.2, 0.25) is 6.29 Å². The molecule has 0 rings (SSSR count). The summed E-state index contributed by atoms with van der Waals surface area (Å²) in [7, 11) is 0. The molecule has 4 nitrogen and oxygen atoms in total. The van der Waals surface area contributed by atoms with Gasteiger partial charge in [-0.3, -0.25) is 9.59 Å². The fourth-order valence-corrected chi connectivity index (χ4v) is 0.338. The molecule has 0 aromatic rings. The molecule has 0 saturated heterocycles. The number of rotatable bonds is 4. The zero-order valence-electron chi connectivity index (χ0n) is 5.65. The van der Waals surface area contributed by atoms with Crippen LogP contribution in [-0.2, 0) is 9.59 Å². The van der Waals surface area contributed by atoms with Gasteiger partial charge in [-0.05, 0) is 6.42 Å². The van der Waals surface area contributed by atoms with E-state index in [9.17, 15) is 9.59 Å². The molecule has 67 valence electrons. The van der Waals surface area contributed by atoms with Gasteiger partial charge >= 0.3 is 5.97 Å². The van der Waals surface area contributed by atoms with Crippen molar-refractivity contribution in [2.75, 3.05) is 0 Å². The molecule has 0 fully saturated rings. The minimum absolute atomic E-state index is 0. The van der Waals surface area contributed by atoms with Gasteiger partial charge in [0.15, 0.2) is 0 Å². The van der Waals surface area contributed by atoms with Crippen LogP contribution in [-0.4, -0.2) is 23.4 Å². The summed E-state index contributed by atoms with van der Waals surface area (Å²) in [5.41, 5.74) is 5.03. The quantitative estimate of drug-likeness (QED) is 0.680. The Bertz CT molecular complexity index is 120. The topological polar surface area (TPSA) is 80.4 Å². The average Bonchev–Trinajstić information content (AvgIpc) is 1.83. The maximum atomic E-state index is 9.83. The first-order chi connectivity index (χ1) is 4.16. The highest BCUT2D eigenvalue weighted by Crippen LogP contribution is 1.90. The van der Waals surface area contributed by atoms with E-state index in [1.165, 1.54) is 6.29 Å². The van der Waals surface area contributed by atoms with Crippen LogP contribution in [0.25, 0.3) is 0 Å². The van der Waals surface area contributed by atoms with Crippen molar-refractivity contribution in [3.63, 3.8) is 0 Å². The largest absolute Gasteiger partial charge is 0.481 e. The predicted octanol–water partition coefficient (Wildman–Crippen LogP) is 0.132.